The molecule has 1 amide bonds. The highest BCUT2D eigenvalue weighted by Crippen LogP contribution is 2.45. The fraction of sp³-hybridized carbons (Fsp3) is 0.519. The first-order valence-electron chi connectivity index (χ1n) is 13.1. The number of hydrogen-bond donors (Lipinski definition) is 1. The number of carbonyl (C=O) groups is 2. The topological polar surface area (TPSA) is 100 Å². The maximum Gasteiger partial charge on any atom is 0.275 e. The van der Waals surface area contributed by atoms with Crippen molar-refractivity contribution in [3.05, 3.63) is 44.4 Å². The minimum atomic E-state index is -0.385. The standard InChI is InChI=1S/C27H30N6O3S2/c1-14-6-18(26(36)33-22(14)19(34)8-27(33)11-37-12-27)30-23-21-17-5-4-15(7-20(17)38-24(21)29-13-28-23)25(35)32-9-16(10-32)31(2)3/h6,13,15-16H,4-5,7-12H2,1-3H3,(H,28,29,30)/t15-/m0/s1. The van der Waals surface area contributed by atoms with E-state index in [1.54, 1.807) is 33.7 Å². The second-order valence-corrected chi connectivity index (χ2v) is 13.4. The molecule has 38 heavy (non-hydrogen) atoms. The zero-order valence-corrected chi connectivity index (χ0v) is 23.4. The fourth-order valence-electron chi connectivity index (χ4n) is 6.43. The first kappa shape index (κ1) is 24.3. The Hall–Kier alpha value is -2.76. The Morgan fingerprint density at radius 3 is 2.71 bits per heavy atom. The molecule has 3 aromatic heterocycles. The maximum absolute atomic E-state index is 13.7. The van der Waals surface area contributed by atoms with Crippen LogP contribution < -0.4 is 10.9 Å². The maximum atomic E-state index is 13.7. The lowest BCUT2D eigenvalue weighted by atomic mass is 9.86. The number of aromatic nitrogens is 3. The Morgan fingerprint density at radius 1 is 1.21 bits per heavy atom. The number of nitrogens with one attached hydrogen (secondary N) is 1. The number of rotatable bonds is 4. The smallest absolute Gasteiger partial charge is 0.275 e. The van der Waals surface area contributed by atoms with E-state index in [4.69, 9.17) is 0 Å². The van der Waals surface area contributed by atoms with Gasteiger partial charge in [-0.15, -0.1) is 11.3 Å². The van der Waals surface area contributed by atoms with Crippen molar-refractivity contribution in [1.82, 2.24) is 24.3 Å². The summed E-state index contributed by atoms with van der Waals surface area (Å²) in [5.74, 6) is 2.51. The van der Waals surface area contributed by atoms with E-state index in [0.29, 0.717) is 29.7 Å². The molecule has 11 heteroatoms. The molecule has 7 rings (SSSR count). The Labute approximate surface area is 228 Å². The van der Waals surface area contributed by atoms with Gasteiger partial charge >= 0.3 is 0 Å². The Morgan fingerprint density at radius 2 is 2.00 bits per heavy atom. The van der Waals surface area contributed by atoms with E-state index in [0.717, 1.165) is 59.6 Å². The first-order valence-corrected chi connectivity index (χ1v) is 15.1. The summed E-state index contributed by atoms with van der Waals surface area (Å²) in [6.45, 7) is 3.52. The quantitative estimate of drug-likeness (QED) is 0.530. The number of aryl methyl sites for hydroxylation is 2. The van der Waals surface area contributed by atoms with Gasteiger partial charge in [0.05, 0.1) is 16.6 Å². The average molecular weight is 551 g/mol. The van der Waals surface area contributed by atoms with Crippen LogP contribution in [0.25, 0.3) is 10.2 Å². The Balaban J connectivity index is 1.20. The molecule has 2 saturated heterocycles. The van der Waals surface area contributed by atoms with Crippen LogP contribution in [0, 0.1) is 12.8 Å². The summed E-state index contributed by atoms with van der Waals surface area (Å²) in [5.41, 5.74) is 2.44. The molecule has 2 fully saturated rings. The van der Waals surface area contributed by atoms with Gasteiger partial charge in [0.1, 0.15) is 22.7 Å². The minimum Gasteiger partial charge on any atom is -0.339 e. The molecule has 0 unspecified atom stereocenters. The van der Waals surface area contributed by atoms with Crippen molar-refractivity contribution in [1.29, 1.82) is 0 Å². The number of carbonyl (C=O) groups excluding carboxylic acids is 2. The van der Waals surface area contributed by atoms with Crippen LogP contribution in [0.5, 0.6) is 0 Å². The van der Waals surface area contributed by atoms with Gasteiger partial charge in [0.2, 0.25) is 5.91 Å². The normalized spacial score (nSPS) is 21.9. The number of ketones is 1. The van der Waals surface area contributed by atoms with Crippen molar-refractivity contribution in [2.45, 2.75) is 44.2 Å². The van der Waals surface area contributed by atoms with Crippen LogP contribution in [0.4, 0.5) is 11.5 Å². The summed E-state index contributed by atoms with van der Waals surface area (Å²) in [5, 5.41) is 4.28. The number of likely N-dealkylation sites (tertiary alicyclic amines) is 1. The molecular weight excluding hydrogens is 520 g/mol. The van der Waals surface area contributed by atoms with Gasteiger partial charge in [-0.25, -0.2) is 9.97 Å². The van der Waals surface area contributed by atoms with Gasteiger partial charge < -0.3 is 15.1 Å². The van der Waals surface area contributed by atoms with Crippen LogP contribution in [-0.4, -0.2) is 80.8 Å². The monoisotopic (exact) mass is 550 g/mol. The second kappa shape index (κ2) is 8.62. The third kappa shape index (κ3) is 3.51. The number of Topliss-reactive ketones (excluding diaryl/α,β-unsaturated/α-hetero) is 1. The van der Waals surface area contributed by atoms with E-state index in [1.165, 1.54) is 16.8 Å². The molecule has 0 aromatic carbocycles. The van der Waals surface area contributed by atoms with Gasteiger partial charge in [-0.2, -0.15) is 11.8 Å². The molecule has 4 aliphatic rings. The van der Waals surface area contributed by atoms with Crippen molar-refractivity contribution >= 4 is 56.5 Å². The summed E-state index contributed by atoms with van der Waals surface area (Å²) < 4.78 is 1.75. The second-order valence-electron chi connectivity index (χ2n) is 11.4. The van der Waals surface area contributed by atoms with E-state index in [1.807, 2.05) is 11.8 Å². The Bertz CT molecular complexity index is 1570. The van der Waals surface area contributed by atoms with Crippen molar-refractivity contribution in [2.75, 3.05) is 44.0 Å². The highest BCUT2D eigenvalue weighted by Gasteiger charge is 2.50. The lowest BCUT2D eigenvalue weighted by Gasteiger charge is -2.44. The number of amides is 1. The zero-order chi connectivity index (χ0) is 26.3. The van der Waals surface area contributed by atoms with Crippen molar-refractivity contribution < 1.29 is 9.59 Å². The number of likely N-dealkylation sites (N-methyl/N-ethyl adjacent to an activating group) is 1. The number of nitrogens with zero attached hydrogens (tertiary/aromatic N) is 5. The lowest BCUT2D eigenvalue weighted by molar-refractivity contribution is -0.142. The number of fused-ring (bicyclic) bond motifs is 5. The number of hydrogen-bond acceptors (Lipinski definition) is 9. The van der Waals surface area contributed by atoms with E-state index in [-0.39, 0.29) is 28.7 Å². The predicted octanol–water partition coefficient (Wildman–Crippen LogP) is 2.81. The summed E-state index contributed by atoms with van der Waals surface area (Å²) in [7, 11) is 4.12. The van der Waals surface area contributed by atoms with E-state index >= 15 is 0 Å². The van der Waals surface area contributed by atoms with Gasteiger partial charge in [0.15, 0.2) is 5.78 Å². The highest BCUT2D eigenvalue weighted by atomic mass is 32.2. The average Bonchev–Trinajstić information content (AvgIpc) is 3.36. The molecular formula is C27H30N6O3S2. The summed E-state index contributed by atoms with van der Waals surface area (Å²) >= 11 is 3.40. The van der Waals surface area contributed by atoms with E-state index in [9.17, 15) is 14.4 Å². The van der Waals surface area contributed by atoms with Crippen LogP contribution in [-0.2, 0) is 23.2 Å². The third-order valence-corrected chi connectivity index (χ3v) is 11.4. The molecule has 198 valence electrons. The molecule has 0 saturated carbocycles. The molecule has 1 aliphatic carbocycles. The minimum absolute atomic E-state index is 0.00104. The van der Waals surface area contributed by atoms with Crippen LogP contribution in [0.3, 0.4) is 0 Å². The van der Waals surface area contributed by atoms with E-state index in [2.05, 4.69) is 34.3 Å². The molecule has 1 spiro atoms. The van der Waals surface area contributed by atoms with Crippen molar-refractivity contribution in [3.63, 3.8) is 0 Å². The summed E-state index contributed by atoms with van der Waals surface area (Å²) in [4.78, 5) is 54.9. The molecule has 1 N–H and O–H groups in total. The van der Waals surface area contributed by atoms with Gasteiger partial charge in [-0.05, 0) is 57.5 Å². The first-order chi connectivity index (χ1) is 18.3. The van der Waals surface area contributed by atoms with E-state index < -0.39 is 0 Å². The zero-order valence-electron chi connectivity index (χ0n) is 21.7. The van der Waals surface area contributed by atoms with Crippen LogP contribution in [0.2, 0.25) is 0 Å². The number of thiophene rings is 1. The molecule has 3 aliphatic heterocycles. The molecule has 0 radical (unpaired) electrons. The van der Waals surface area contributed by atoms with Crippen LogP contribution in [0.1, 0.15) is 39.3 Å². The van der Waals surface area contributed by atoms with Gasteiger partial charge in [0, 0.05) is 47.9 Å². The SMILES string of the molecule is Cc1cc(Nc2ncnc3sc4c(c23)CC[C@H](C(=O)N2CC(N(C)C)C2)C4)c(=O)n2c1C(=O)CC21CSC1. The molecule has 3 aromatic rings. The predicted molar refractivity (Wildman–Crippen MR) is 150 cm³/mol. The summed E-state index contributed by atoms with van der Waals surface area (Å²) in [6.07, 6.45) is 4.25. The van der Waals surface area contributed by atoms with Gasteiger partial charge in [-0.3, -0.25) is 19.0 Å². The largest absolute Gasteiger partial charge is 0.339 e. The Kier molecular flexibility index (Phi) is 5.51. The van der Waals surface area contributed by atoms with Crippen molar-refractivity contribution in [2.24, 2.45) is 5.92 Å². The van der Waals surface area contributed by atoms with Crippen molar-refractivity contribution in [3.8, 4) is 0 Å². The number of pyridine rings is 1. The molecule has 0 bridgehead atoms. The van der Waals surface area contributed by atoms with Gasteiger partial charge in [0.25, 0.3) is 5.56 Å². The summed E-state index contributed by atoms with van der Waals surface area (Å²) in [6, 6.07) is 2.24. The third-order valence-electron chi connectivity index (χ3n) is 8.71. The fourth-order valence-corrected chi connectivity index (χ4v) is 8.83. The highest BCUT2D eigenvalue weighted by molar-refractivity contribution is 8.00. The van der Waals surface area contributed by atoms with Gasteiger partial charge in [-0.1, -0.05) is 0 Å². The van der Waals surface area contributed by atoms with Crippen LogP contribution >= 0.6 is 23.1 Å². The molecule has 9 nitrogen and oxygen atoms in total. The lowest BCUT2D eigenvalue weighted by Crippen LogP contribution is -2.60. The molecule has 1 atom stereocenters. The number of thioether (sulfide) groups is 1. The number of anilines is 2. The molecule has 6 heterocycles. The van der Waals surface area contributed by atoms with Crippen LogP contribution in [0.15, 0.2) is 17.2 Å².